The first-order chi connectivity index (χ1) is 17.4. The van der Waals surface area contributed by atoms with E-state index >= 15 is 0 Å². The molecule has 1 N–H and O–H groups in total. The van der Waals surface area contributed by atoms with E-state index in [0.29, 0.717) is 28.1 Å². The highest BCUT2D eigenvalue weighted by Gasteiger charge is 2.35. The highest BCUT2D eigenvalue weighted by Crippen LogP contribution is 2.44. The van der Waals surface area contributed by atoms with Gasteiger partial charge in [0.25, 0.3) is 11.8 Å². The first kappa shape index (κ1) is 26.8. The summed E-state index contributed by atoms with van der Waals surface area (Å²) in [4.78, 5) is 34.2. The SMILES string of the molecule is Cc1c(CC2=NC(=O)c3c(C)c(Cl)c(Cl)c(Cl)c32)cccc1N=C1NC(=O)c2c(Cl)c(Cl)c(Cl)c(Cl)c21. The van der Waals surface area contributed by atoms with Gasteiger partial charge in [-0.3, -0.25) is 9.59 Å². The van der Waals surface area contributed by atoms with Crippen molar-refractivity contribution in [1.29, 1.82) is 0 Å². The summed E-state index contributed by atoms with van der Waals surface area (Å²) in [5.41, 5.74) is 4.32. The van der Waals surface area contributed by atoms with E-state index in [2.05, 4.69) is 15.3 Å². The minimum Gasteiger partial charge on any atom is -0.306 e. The number of carbonyl (C=O) groups excluding carboxylic acids is 2. The number of amidine groups is 1. The maximum Gasteiger partial charge on any atom is 0.278 e. The number of nitrogens with one attached hydrogen (secondary N) is 1. The smallest absolute Gasteiger partial charge is 0.278 e. The van der Waals surface area contributed by atoms with Crippen LogP contribution in [0.5, 0.6) is 0 Å². The van der Waals surface area contributed by atoms with Crippen LogP contribution < -0.4 is 5.32 Å². The Labute approximate surface area is 246 Å². The molecule has 0 fully saturated rings. The lowest BCUT2D eigenvalue weighted by molar-refractivity contribution is 0.0980. The quantitative estimate of drug-likeness (QED) is 0.231. The molecule has 0 saturated heterocycles. The molecule has 2 aliphatic rings. The number of benzene rings is 3. The number of hydrogen-bond acceptors (Lipinski definition) is 3. The summed E-state index contributed by atoms with van der Waals surface area (Å²) in [5, 5.41) is 3.32. The van der Waals surface area contributed by atoms with Crippen molar-refractivity contribution < 1.29 is 9.59 Å². The molecular weight excluding hydrogens is 622 g/mol. The molecule has 0 bridgehead atoms. The molecule has 2 amide bonds. The first-order valence-corrected chi connectivity index (χ1v) is 13.2. The number of carbonyl (C=O) groups is 2. The van der Waals surface area contributed by atoms with Gasteiger partial charge in [0.1, 0.15) is 5.84 Å². The summed E-state index contributed by atoms with van der Waals surface area (Å²) in [6, 6.07) is 5.44. The van der Waals surface area contributed by atoms with Crippen molar-refractivity contribution in [2.45, 2.75) is 20.3 Å². The molecule has 12 heteroatoms. The lowest BCUT2D eigenvalue weighted by atomic mass is 9.94. The van der Waals surface area contributed by atoms with Gasteiger partial charge in [0.15, 0.2) is 0 Å². The van der Waals surface area contributed by atoms with E-state index in [0.717, 1.165) is 11.1 Å². The second kappa shape index (κ2) is 9.73. The molecule has 2 heterocycles. The molecule has 0 atom stereocenters. The summed E-state index contributed by atoms with van der Waals surface area (Å²) >= 11 is 44.1. The number of halogens is 7. The van der Waals surface area contributed by atoms with Gasteiger partial charge in [0.05, 0.1) is 63.2 Å². The van der Waals surface area contributed by atoms with Crippen LogP contribution in [0, 0.1) is 13.8 Å². The average Bonchev–Trinajstić information content (AvgIpc) is 3.36. The molecule has 5 rings (SSSR count). The molecule has 3 aromatic carbocycles. The van der Waals surface area contributed by atoms with Crippen LogP contribution in [0.3, 0.4) is 0 Å². The largest absolute Gasteiger partial charge is 0.306 e. The zero-order valence-electron chi connectivity index (χ0n) is 18.8. The van der Waals surface area contributed by atoms with Crippen LogP contribution in [0.25, 0.3) is 0 Å². The minimum absolute atomic E-state index is 0.00671. The Kier molecular flexibility index (Phi) is 7.04. The number of hydrogen-bond donors (Lipinski definition) is 1. The van der Waals surface area contributed by atoms with Crippen LogP contribution in [-0.4, -0.2) is 23.4 Å². The molecule has 37 heavy (non-hydrogen) atoms. The maximum absolute atomic E-state index is 12.7. The van der Waals surface area contributed by atoms with Crippen LogP contribution in [0.1, 0.15) is 48.5 Å². The van der Waals surface area contributed by atoms with Gasteiger partial charge >= 0.3 is 0 Å². The van der Waals surface area contributed by atoms with E-state index in [4.69, 9.17) is 81.2 Å². The van der Waals surface area contributed by atoms with Crippen molar-refractivity contribution in [3.8, 4) is 0 Å². The van der Waals surface area contributed by atoms with Gasteiger partial charge in [0.2, 0.25) is 0 Å². The van der Waals surface area contributed by atoms with Crippen molar-refractivity contribution in [2.24, 2.45) is 9.98 Å². The van der Waals surface area contributed by atoms with Crippen molar-refractivity contribution in [1.82, 2.24) is 5.32 Å². The fourth-order valence-corrected chi connectivity index (χ4v) is 6.14. The van der Waals surface area contributed by atoms with Crippen LogP contribution in [0.15, 0.2) is 28.2 Å². The van der Waals surface area contributed by atoms with Crippen molar-refractivity contribution >= 4 is 110 Å². The number of amides is 2. The van der Waals surface area contributed by atoms with Crippen molar-refractivity contribution in [2.75, 3.05) is 0 Å². The van der Waals surface area contributed by atoms with E-state index in [1.165, 1.54) is 0 Å². The topological polar surface area (TPSA) is 70.9 Å². The average molecular weight is 635 g/mol. The van der Waals surface area contributed by atoms with Gasteiger partial charge in [-0.25, -0.2) is 9.98 Å². The highest BCUT2D eigenvalue weighted by molar-refractivity contribution is 6.55. The van der Waals surface area contributed by atoms with Gasteiger partial charge in [-0.15, -0.1) is 0 Å². The Morgan fingerprint density at radius 2 is 1.32 bits per heavy atom. The minimum atomic E-state index is -0.496. The molecule has 5 nitrogen and oxygen atoms in total. The van der Waals surface area contributed by atoms with Gasteiger partial charge < -0.3 is 5.32 Å². The molecule has 0 unspecified atom stereocenters. The summed E-state index contributed by atoms with van der Waals surface area (Å²) < 4.78 is 0. The molecule has 0 aliphatic carbocycles. The summed E-state index contributed by atoms with van der Waals surface area (Å²) in [6.45, 7) is 3.56. The Morgan fingerprint density at radius 3 is 2.00 bits per heavy atom. The van der Waals surface area contributed by atoms with Gasteiger partial charge in [0, 0.05) is 12.0 Å². The number of aliphatic imine (C=N–C) groups is 2. The monoisotopic (exact) mass is 631 g/mol. The van der Waals surface area contributed by atoms with Gasteiger partial charge in [-0.1, -0.05) is 93.3 Å². The Bertz CT molecular complexity index is 1660. The number of nitrogens with zero attached hydrogens (tertiary/aromatic N) is 2. The van der Waals surface area contributed by atoms with Crippen molar-refractivity contribution in [3.05, 3.63) is 92.3 Å². The summed E-state index contributed by atoms with van der Waals surface area (Å²) in [5.74, 6) is -0.738. The lowest BCUT2D eigenvalue weighted by Crippen LogP contribution is -2.21. The first-order valence-electron chi connectivity index (χ1n) is 10.6. The Balaban J connectivity index is 1.58. The van der Waals surface area contributed by atoms with Crippen molar-refractivity contribution in [3.63, 3.8) is 0 Å². The molecule has 3 aromatic rings. The zero-order chi connectivity index (χ0) is 26.9. The molecular formula is C25H12Cl7N3O2. The molecule has 0 radical (unpaired) electrons. The molecule has 0 aromatic heterocycles. The Morgan fingerprint density at radius 1 is 0.730 bits per heavy atom. The molecule has 188 valence electrons. The normalized spacial score (nSPS) is 15.3. The fourth-order valence-electron chi connectivity index (χ4n) is 4.35. The molecule has 0 spiro atoms. The number of fused-ring (bicyclic) bond motifs is 2. The molecule has 0 saturated carbocycles. The third-order valence-electron chi connectivity index (χ3n) is 6.27. The third-order valence-corrected chi connectivity index (χ3v) is 9.49. The number of rotatable bonds is 3. The maximum atomic E-state index is 12.7. The van der Waals surface area contributed by atoms with E-state index in [1.807, 2.05) is 13.0 Å². The predicted octanol–water partition coefficient (Wildman–Crippen LogP) is 8.88. The third kappa shape index (κ3) is 4.16. The molecule has 2 aliphatic heterocycles. The van der Waals surface area contributed by atoms with Crippen LogP contribution in [-0.2, 0) is 6.42 Å². The second-order valence-corrected chi connectivity index (χ2v) is 11.0. The van der Waals surface area contributed by atoms with Crippen LogP contribution >= 0.6 is 81.2 Å². The zero-order valence-corrected chi connectivity index (χ0v) is 24.1. The van der Waals surface area contributed by atoms with Crippen LogP contribution in [0.4, 0.5) is 5.69 Å². The second-order valence-electron chi connectivity index (χ2n) is 8.34. The van der Waals surface area contributed by atoms with Gasteiger partial charge in [-0.05, 0) is 36.6 Å². The lowest BCUT2D eigenvalue weighted by Gasteiger charge is -2.13. The summed E-state index contributed by atoms with van der Waals surface area (Å²) in [7, 11) is 0. The Hall–Kier alpha value is -1.83. The fraction of sp³-hybridized carbons (Fsp3) is 0.120. The van der Waals surface area contributed by atoms with Crippen LogP contribution in [0.2, 0.25) is 35.2 Å². The van der Waals surface area contributed by atoms with E-state index < -0.39 is 11.8 Å². The predicted molar refractivity (Wildman–Crippen MR) is 152 cm³/mol. The summed E-state index contributed by atoms with van der Waals surface area (Å²) in [6.07, 6.45) is 0.275. The standard InChI is InChI=1S/C25H12Cl7N3O2/c1-7-9(6-11-13-12(24(36)34-11)8(2)16(26)20(30)17(13)27)4-3-5-10(7)33-23-14-15(25(37)35-23)19(29)22(32)21(31)18(14)28/h3-5H,6H2,1-2H3,(H,33,35,37). The van der Waals surface area contributed by atoms with E-state index in [-0.39, 0.29) is 58.5 Å². The van der Waals surface area contributed by atoms with E-state index in [1.54, 1.807) is 19.1 Å². The highest BCUT2D eigenvalue weighted by atomic mass is 35.5. The van der Waals surface area contributed by atoms with Gasteiger partial charge in [-0.2, -0.15) is 0 Å². The van der Waals surface area contributed by atoms with E-state index in [9.17, 15) is 9.59 Å².